The van der Waals surface area contributed by atoms with Crippen LogP contribution in [0.2, 0.25) is 0 Å². The number of aliphatic hydroxyl groups is 1. The molecule has 0 aliphatic carbocycles. The van der Waals surface area contributed by atoms with Gasteiger partial charge in [-0.2, -0.15) is 0 Å². The van der Waals surface area contributed by atoms with Gasteiger partial charge in [0, 0.05) is 30.7 Å². The monoisotopic (exact) mass is 215 g/mol. The highest BCUT2D eigenvalue weighted by Crippen LogP contribution is 2.27. The number of pyridine rings is 1. The molecule has 0 saturated heterocycles. The van der Waals surface area contributed by atoms with E-state index in [4.69, 9.17) is 0 Å². The van der Waals surface area contributed by atoms with Crippen LogP contribution in [0.4, 0.5) is 0 Å². The Kier molecular flexibility index (Phi) is 2.22. The first-order valence-corrected chi connectivity index (χ1v) is 5.50. The number of aliphatic hydroxyl groups excluding tert-OH is 1. The molecule has 0 aromatic carbocycles. The van der Waals surface area contributed by atoms with Gasteiger partial charge in [-0.3, -0.25) is 4.98 Å². The SMILES string of the molecule is O[C@H]1CCCn2cc(-c3cccnc3)nc21. The highest BCUT2D eigenvalue weighted by molar-refractivity contribution is 5.57. The third kappa shape index (κ3) is 1.51. The van der Waals surface area contributed by atoms with E-state index in [-0.39, 0.29) is 0 Å². The van der Waals surface area contributed by atoms with Gasteiger partial charge in [0.2, 0.25) is 0 Å². The zero-order valence-corrected chi connectivity index (χ0v) is 8.87. The van der Waals surface area contributed by atoms with E-state index >= 15 is 0 Å². The number of fused-ring (bicyclic) bond motifs is 1. The fraction of sp³-hybridized carbons (Fsp3) is 0.333. The number of aryl methyl sites for hydroxylation is 1. The molecule has 1 aliphatic rings. The summed E-state index contributed by atoms with van der Waals surface area (Å²) in [5.74, 6) is 0.783. The molecule has 0 radical (unpaired) electrons. The fourth-order valence-electron chi connectivity index (χ4n) is 2.11. The predicted molar refractivity (Wildman–Crippen MR) is 59.7 cm³/mol. The van der Waals surface area contributed by atoms with Crippen molar-refractivity contribution < 1.29 is 5.11 Å². The van der Waals surface area contributed by atoms with Gasteiger partial charge in [0.15, 0.2) is 0 Å². The molecule has 2 aromatic rings. The fourth-order valence-corrected chi connectivity index (χ4v) is 2.11. The van der Waals surface area contributed by atoms with E-state index in [1.807, 2.05) is 22.9 Å². The zero-order valence-electron chi connectivity index (χ0n) is 8.87. The average Bonchev–Trinajstić information content (AvgIpc) is 2.76. The van der Waals surface area contributed by atoms with Crippen molar-refractivity contribution in [3.8, 4) is 11.3 Å². The molecule has 0 saturated carbocycles. The molecule has 0 bridgehead atoms. The Labute approximate surface area is 93.6 Å². The Morgan fingerprint density at radius 2 is 2.38 bits per heavy atom. The molecule has 1 atom stereocenters. The first-order chi connectivity index (χ1) is 7.84. The summed E-state index contributed by atoms with van der Waals surface area (Å²) in [4.78, 5) is 8.55. The van der Waals surface area contributed by atoms with Crippen molar-refractivity contribution in [2.24, 2.45) is 0 Å². The Balaban J connectivity index is 2.05. The van der Waals surface area contributed by atoms with E-state index in [1.165, 1.54) is 0 Å². The lowest BCUT2D eigenvalue weighted by atomic mass is 10.1. The molecule has 0 unspecified atom stereocenters. The normalized spacial score (nSPS) is 19.4. The molecule has 82 valence electrons. The third-order valence-electron chi connectivity index (χ3n) is 2.94. The summed E-state index contributed by atoms with van der Waals surface area (Å²) >= 11 is 0. The van der Waals surface area contributed by atoms with E-state index in [0.29, 0.717) is 0 Å². The van der Waals surface area contributed by atoms with Crippen LogP contribution < -0.4 is 0 Å². The van der Waals surface area contributed by atoms with Gasteiger partial charge in [0.1, 0.15) is 11.9 Å². The number of rotatable bonds is 1. The second kappa shape index (κ2) is 3.72. The second-order valence-electron chi connectivity index (χ2n) is 4.08. The maximum atomic E-state index is 9.82. The molecule has 1 N–H and O–H groups in total. The molecule has 3 rings (SSSR count). The van der Waals surface area contributed by atoms with Gasteiger partial charge in [-0.05, 0) is 25.0 Å². The molecule has 1 aliphatic heterocycles. The van der Waals surface area contributed by atoms with Gasteiger partial charge in [-0.15, -0.1) is 0 Å². The van der Waals surface area contributed by atoms with E-state index < -0.39 is 6.10 Å². The standard InChI is InChI=1S/C12H13N3O/c16-11-4-2-6-15-8-10(14-12(11)15)9-3-1-5-13-7-9/h1,3,5,7-8,11,16H,2,4,6H2/t11-/m0/s1. The summed E-state index contributed by atoms with van der Waals surface area (Å²) in [6, 6.07) is 3.87. The van der Waals surface area contributed by atoms with Crippen molar-refractivity contribution in [1.29, 1.82) is 0 Å². The third-order valence-corrected chi connectivity index (χ3v) is 2.94. The quantitative estimate of drug-likeness (QED) is 0.788. The first kappa shape index (κ1) is 9.54. The predicted octanol–water partition coefficient (Wildman–Crippen LogP) is 1.77. The molecule has 2 aromatic heterocycles. The lowest BCUT2D eigenvalue weighted by Crippen LogP contribution is -2.14. The summed E-state index contributed by atoms with van der Waals surface area (Å²) in [6.07, 6.45) is 6.93. The Hall–Kier alpha value is -1.68. The minimum absolute atomic E-state index is 0.417. The van der Waals surface area contributed by atoms with Crippen molar-refractivity contribution in [3.05, 3.63) is 36.5 Å². The van der Waals surface area contributed by atoms with Crippen LogP contribution in [0.15, 0.2) is 30.7 Å². The molecular weight excluding hydrogens is 202 g/mol. The summed E-state index contributed by atoms with van der Waals surface area (Å²) in [5, 5.41) is 9.82. The molecule has 3 heterocycles. The van der Waals surface area contributed by atoms with Crippen molar-refractivity contribution in [1.82, 2.24) is 14.5 Å². The van der Waals surface area contributed by atoms with Gasteiger partial charge in [-0.1, -0.05) is 0 Å². The number of imidazole rings is 1. The number of hydrogen-bond donors (Lipinski definition) is 1. The van der Waals surface area contributed by atoms with Crippen LogP contribution in [0.5, 0.6) is 0 Å². The second-order valence-corrected chi connectivity index (χ2v) is 4.08. The summed E-state index contributed by atoms with van der Waals surface area (Å²) in [5.41, 5.74) is 1.89. The molecule has 0 amide bonds. The van der Waals surface area contributed by atoms with E-state index in [1.54, 1.807) is 12.4 Å². The molecule has 4 heteroatoms. The Morgan fingerprint density at radius 1 is 1.44 bits per heavy atom. The summed E-state index contributed by atoms with van der Waals surface area (Å²) in [6.45, 7) is 0.944. The van der Waals surface area contributed by atoms with Crippen LogP contribution in [-0.4, -0.2) is 19.6 Å². The van der Waals surface area contributed by atoms with Crippen LogP contribution in [-0.2, 0) is 6.54 Å². The average molecular weight is 215 g/mol. The highest BCUT2D eigenvalue weighted by Gasteiger charge is 2.20. The van der Waals surface area contributed by atoms with Crippen LogP contribution in [0.1, 0.15) is 24.8 Å². The van der Waals surface area contributed by atoms with E-state index in [0.717, 1.165) is 36.5 Å². The highest BCUT2D eigenvalue weighted by atomic mass is 16.3. The number of hydrogen-bond acceptors (Lipinski definition) is 3. The topological polar surface area (TPSA) is 50.9 Å². The van der Waals surface area contributed by atoms with Gasteiger partial charge in [0.25, 0.3) is 0 Å². The van der Waals surface area contributed by atoms with Crippen LogP contribution in [0, 0.1) is 0 Å². The largest absolute Gasteiger partial charge is 0.385 e. The molecule has 4 nitrogen and oxygen atoms in total. The van der Waals surface area contributed by atoms with Crippen molar-refractivity contribution in [3.63, 3.8) is 0 Å². The van der Waals surface area contributed by atoms with Gasteiger partial charge >= 0.3 is 0 Å². The number of nitrogens with zero attached hydrogens (tertiary/aromatic N) is 3. The van der Waals surface area contributed by atoms with Crippen molar-refractivity contribution >= 4 is 0 Å². The summed E-state index contributed by atoms with van der Waals surface area (Å²) < 4.78 is 2.04. The maximum absolute atomic E-state index is 9.82. The smallest absolute Gasteiger partial charge is 0.138 e. The van der Waals surface area contributed by atoms with Crippen LogP contribution in [0.25, 0.3) is 11.3 Å². The van der Waals surface area contributed by atoms with Gasteiger partial charge in [-0.25, -0.2) is 4.98 Å². The first-order valence-electron chi connectivity index (χ1n) is 5.50. The minimum Gasteiger partial charge on any atom is -0.385 e. The zero-order chi connectivity index (χ0) is 11.0. The maximum Gasteiger partial charge on any atom is 0.138 e. The van der Waals surface area contributed by atoms with E-state index in [2.05, 4.69) is 9.97 Å². The molecule has 0 spiro atoms. The Morgan fingerprint density at radius 3 is 3.12 bits per heavy atom. The van der Waals surface area contributed by atoms with Crippen LogP contribution in [0.3, 0.4) is 0 Å². The lowest BCUT2D eigenvalue weighted by molar-refractivity contribution is 0.134. The van der Waals surface area contributed by atoms with Crippen molar-refractivity contribution in [2.45, 2.75) is 25.5 Å². The summed E-state index contributed by atoms with van der Waals surface area (Å²) in [7, 11) is 0. The van der Waals surface area contributed by atoms with E-state index in [9.17, 15) is 5.11 Å². The van der Waals surface area contributed by atoms with Gasteiger partial charge in [0.05, 0.1) is 5.69 Å². The number of aromatic nitrogens is 3. The van der Waals surface area contributed by atoms with Gasteiger partial charge < -0.3 is 9.67 Å². The van der Waals surface area contributed by atoms with Crippen LogP contribution >= 0.6 is 0 Å². The minimum atomic E-state index is -0.417. The van der Waals surface area contributed by atoms with Crippen molar-refractivity contribution in [2.75, 3.05) is 0 Å². The molecular formula is C12H13N3O. The molecule has 0 fully saturated rings. The molecule has 16 heavy (non-hydrogen) atoms. The lowest BCUT2D eigenvalue weighted by Gasteiger charge is -2.18. The Bertz CT molecular complexity index is 492.